The lowest BCUT2D eigenvalue weighted by Crippen LogP contribution is -2.22. The number of benzene rings is 2. The van der Waals surface area contributed by atoms with Gasteiger partial charge in [-0.25, -0.2) is 0 Å². The number of hydrogen-bond donors (Lipinski definition) is 3. The molecule has 98 valence electrons. The first-order valence-corrected chi connectivity index (χ1v) is 5.92. The lowest BCUT2D eigenvalue weighted by atomic mass is 10.1. The van der Waals surface area contributed by atoms with Gasteiger partial charge in [-0.15, -0.1) is 0 Å². The topological polar surface area (TPSA) is 69.6 Å². The van der Waals surface area contributed by atoms with Gasteiger partial charge >= 0.3 is 0 Å². The molecule has 0 unspecified atom stereocenters. The molecule has 2 aromatic rings. The lowest BCUT2D eigenvalue weighted by Gasteiger charge is -2.08. The van der Waals surface area contributed by atoms with Gasteiger partial charge in [0.15, 0.2) is 0 Å². The van der Waals surface area contributed by atoms with Gasteiger partial charge in [-0.1, -0.05) is 24.3 Å². The minimum Gasteiger partial charge on any atom is -0.508 e. The minimum absolute atomic E-state index is 0.0465. The Morgan fingerprint density at radius 2 is 1.84 bits per heavy atom. The number of phenolic OH excluding ortho intramolecular Hbond substituents is 2. The molecule has 1 amide bonds. The molecule has 0 fully saturated rings. The third-order valence-electron chi connectivity index (χ3n) is 2.83. The van der Waals surface area contributed by atoms with Crippen molar-refractivity contribution < 1.29 is 15.0 Å². The molecule has 2 aromatic carbocycles. The van der Waals surface area contributed by atoms with Crippen LogP contribution in [0.1, 0.15) is 21.5 Å². The van der Waals surface area contributed by atoms with Crippen LogP contribution in [0.2, 0.25) is 0 Å². The molecular formula is C15H15NO3. The summed E-state index contributed by atoms with van der Waals surface area (Å²) in [4.78, 5) is 11.9. The summed E-state index contributed by atoms with van der Waals surface area (Å²) in [6.07, 6.45) is 0. The summed E-state index contributed by atoms with van der Waals surface area (Å²) in [5, 5.41) is 21.9. The van der Waals surface area contributed by atoms with Gasteiger partial charge in [-0.3, -0.25) is 4.79 Å². The Kier molecular flexibility index (Phi) is 3.71. The first-order chi connectivity index (χ1) is 9.08. The Hall–Kier alpha value is -2.49. The molecule has 0 aliphatic rings. The molecule has 0 heterocycles. The first kappa shape index (κ1) is 13.0. The van der Waals surface area contributed by atoms with Crippen molar-refractivity contribution in [1.82, 2.24) is 5.32 Å². The summed E-state index contributed by atoms with van der Waals surface area (Å²) >= 11 is 0. The molecular weight excluding hydrogens is 242 g/mol. The Morgan fingerprint density at radius 3 is 2.53 bits per heavy atom. The van der Waals surface area contributed by atoms with Crippen LogP contribution in [-0.2, 0) is 6.54 Å². The zero-order valence-corrected chi connectivity index (χ0v) is 10.6. The average molecular weight is 257 g/mol. The van der Waals surface area contributed by atoms with Crippen molar-refractivity contribution in [2.24, 2.45) is 0 Å². The normalized spacial score (nSPS) is 10.2. The van der Waals surface area contributed by atoms with Crippen LogP contribution in [0.3, 0.4) is 0 Å². The van der Waals surface area contributed by atoms with Crippen LogP contribution in [0.25, 0.3) is 0 Å². The fraction of sp³-hybridized carbons (Fsp3) is 0.133. The van der Waals surface area contributed by atoms with Crippen molar-refractivity contribution in [3.63, 3.8) is 0 Å². The lowest BCUT2D eigenvalue weighted by molar-refractivity contribution is 0.0948. The number of aryl methyl sites for hydroxylation is 1. The van der Waals surface area contributed by atoms with E-state index in [4.69, 9.17) is 0 Å². The number of rotatable bonds is 3. The van der Waals surface area contributed by atoms with Gasteiger partial charge in [-0.2, -0.15) is 0 Å². The third kappa shape index (κ3) is 3.04. The number of amides is 1. The fourth-order valence-electron chi connectivity index (χ4n) is 1.76. The fourth-order valence-corrected chi connectivity index (χ4v) is 1.76. The second-order valence-corrected chi connectivity index (χ2v) is 4.33. The van der Waals surface area contributed by atoms with Crippen molar-refractivity contribution in [2.45, 2.75) is 13.5 Å². The van der Waals surface area contributed by atoms with E-state index in [1.807, 2.05) is 6.92 Å². The number of hydrogen-bond acceptors (Lipinski definition) is 3. The van der Waals surface area contributed by atoms with E-state index in [-0.39, 0.29) is 29.5 Å². The van der Waals surface area contributed by atoms with Gasteiger partial charge in [0.2, 0.25) is 0 Å². The van der Waals surface area contributed by atoms with Crippen LogP contribution in [0.4, 0.5) is 0 Å². The van der Waals surface area contributed by atoms with Crippen molar-refractivity contribution in [3.05, 3.63) is 59.2 Å². The summed E-state index contributed by atoms with van der Waals surface area (Å²) in [5.74, 6) is -0.286. The van der Waals surface area contributed by atoms with Crippen LogP contribution < -0.4 is 5.32 Å². The standard InChI is InChI=1S/C15H15NO3/c1-10-6-7-12(14(18)8-10)15(19)16-9-11-4-2-3-5-13(11)17/h2-8,17-18H,9H2,1H3,(H,16,19). The van der Waals surface area contributed by atoms with Crippen LogP contribution in [0.5, 0.6) is 11.5 Å². The van der Waals surface area contributed by atoms with Gasteiger partial charge in [0.25, 0.3) is 5.91 Å². The van der Waals surface area contributed by atoms with Crippen molar-refractivity contribution >= 4 is 5.91 Å². The average Bonchev–Trinajstić information content (AvgIpc) is 2.37. The quantitative estimate of drug-likeness (QED) is 0.790. The SMILES string of the molecule is Cc1ccc(C(=O)NCc2ccccc2O)c(O)c1. The maximum absolute atomic E-state index is 11.9. The predicted octanol–water partition coefficient (Wildman–Crippen LogP) is 2.34. The Morgan fingerprint density at radius 1 is 1.11 bits per heavy atom. The van der Waals surface area contributed by atoms with Gasteiger partial charge in [0.1, 0.15) is 11.5 Å². The first-order valence-electron chi connectivity index (χ1n) is 5.92. The molecule has 0 bridgehead atoms. The number of aromatic hydroxyl groups is 2. The largest absolute Gasteiger partial charge is 0.508 e. The monoisotopic (exact) mass is 257 g/mol. The smallest absolute Gasteiger partial charge is 0.255 e. The zero-order chi connectivity index (χ0) is 13.8. The Labute approximate surface area is 111 Å². The Balaban J connectivity index is 2.08. The second kappa shape index (κ2) is 5.44. The van der Waals surface area contributed by atoms with Gasteiger partial charge < -0.3 is 15.5 Å². The molecule has 2 rings (SSSR count). The molecule has 0 atom stereocenters. The molecule has 0 spiro atoms. The van der Waals surface area contributed by atoms with Crippen LogP contribution in [-0.4, -0.2) is 16.1 Å². The maximum Gasteiger partial charge on any atom is 0.255 e. The molecule has 3 N–H and O–H groups in total. The highest BCUT2D eigenvalue weighted by Crippen LogP contribution is 2.19. The number of carbonyl (C=O) groups is 1. The Bertz CT molecular complexity index is 608. The summed E-state index contributed by atoms with van der Waals surface area (Å²) in [7, 11) is 0. The molecule has 4 heteroatoms. The van der Waals surface area contributed by atoms with E-state index < -0.39 is 0 Å². The van der Waals surface area contributed by atoms with Crippen LogP contribution in [0.15, 0.2) is 42.5 Å². The predicted molar refractivity (Wildman–Crippen MR) is 72.1 cm³/mol. The third-order valence-corrected chi connectivity index (χ3v) is 2.83. The second-order valence-electron chi connectivity index (χ2n) is 4.33. The van der Waals surface area contributed by atoms with Crippen LogP contribution in [0, 0.1) is 6.92 Å². The van der Waals surface area contributed by atoms with Gasteiger partial charge in [0, 0.05) is 12.1 Å². The van der Waals surface area contributed by atoms with E-state index >= 15 is 0 Å². The summed E-state index contributed by atoms with van der Waals surface area (Å²) in [5.41, 5.74) is 1.73. The summed E-state index contributed by atoms with van der Waals surface area (Å²) in [6.45, 7) is 2.04. The molecule has 0 saturated heterocycles. The molecule has 19 heavy (non-hydrogen) atoms. The van der Waals surface area contributed by atoms with E-state index in [9.17, 15) is 15.0 Å². The van der Waals surface area contributed by atoms with Crippen molar-refractivity contribution in [2.75, 3.05) is 0 Å². The number of para-hydroxylation sites is 1. The van der Waals surface area contributed by atoms with E-state index in [0.717, 1.165) is 5.56 Å². The molecule has 4 nitrogen and oxygen atoms in total. The number of phenols is 2. The maximum atomic E-state index is 11.9. The van der Waals surface area contributed by atoms with E-state index in [1.165, 1.54) is 6.07 Å². The highest BCUT2D eigenvalue weighted by molar-refractivity contribution is 5.96. The van der Waals surface area contributed by atoms with Gasteiger partial charge in [-0.05, 0) is 30.7 Å². The minimum atomic E-state index is -0.374. The van der Waals surface area contributed by atoms with E-state index in [2.05, 4.69) is 5.32 Å². The highest BCUT2D eigenvalue weighted by atomic mass is 16.3. The van der Waals surface area contributed by atoms with Crippen molar-refractivity contribution in [1.29, 1.82) is 0 Å². The summed E-state index contributed by atoms with van der Waals surface area (Å²) in [6, 6.07) is 11.7. The van der Waals surface area contributed by atoms with E-state index in [0.29, 0.717) is 5.56 Å². The zero-order valence-electron chi connectivity index (χ0n) is 10.6. The molecule has 0 radical (unpaired) electrons. The highest BCUT2D eigenvalue weighted by Gasteiger charge is 2.11. The van der Waals surface area contributed by atoms with Crippen LogP contribution >= 0.6 is 0 Å². The van der Waals surface area contributed by atoms with Crippen molar-refractivity contribution in [3.8, 4) is 11.5 Å². The van der Waals surface area contributed by atoms with E-state index in [1.54, 1.807) is 36.4 Å². The molecule has 0 aliphatic carbocycles. The van der Waals surface area contributed by atoms with Gasteiger partial charge in [0.05, 0.1) is 5.56 Å². The number of nitrogens with one attached hydrogen (secondary N) is 1. The number of carbonyl (C=O) groups excluding carboxylic acids is 1. The summed E-state index contributed by atoms with van der Waals surface area (Å²) < 4.78 is 0. The molecule has 0 saturated carbocycles. The molecule has 0 aliphatic heterocycles. The molecule has 0 aromatic heterocycles.